The number of nitrogens with zero attached hydrogens (tertiary/aromatic N) is 1. The fourth-order valence-corrected chi connectivity index (χ4v) is 3.42. The monoisotopic (exact) mass is 347 g/mol. The first-order valence-corrected chi connectivity index (χ1v) is 7.48. The summed E-state index contributed by atoms with van der Waals surface area (Å²) in [6.07, 6.45) is -0.917. The number of carbonyl (C=O) groups is 2. The van der Waals surface area contributed by atoms with Crippen LogP contribution in [0.2, 0.25) is 0 Å². The molecular weight excluding hydrogens is 334 g/mol. The van der Waals surface area contributed by atoms with E-state index in [4.69, 9.17) is 9.84 Å². The Morgan fingerprint density at radius 3 is 2.89 bits per heavy atom. The van der Waals surface area contributed by atoms with Crippen LogP contribution in [0.4, 0.5) is 0 Å². The molecule has 19 heavy (non-hydrogen) atoms. The fourth-order valence-electron chi connectivity index (χ4n) is 1.96. The number of carboxylic acids is 1. The second kappa shape index (κ2) is 6.02. The van der Waals surface area contributed by atoms with Crippen molar-refractivity contribution in [1.82, 2.24) is 4.90 Å². The zero-order chi connectivity index (χ0) is 14.0. The average molecular weight is 348 g/mol. The molecule has 0 saturated carbocycles. The molecule has 0 spiro atoms. The van der Waals surface area contributed by atoms with Crippen LogP contribution in [0.5, 0.6) is 0 Å². The molecule has 0 bridgehead atoms. The number of halogens is 1. The van der Waals surface area contributed by atoms with Crippen molar-refractivity contribution in [2.75, 3.05) is 19.7 Å². The van der Waals surface area contributed by atoms with E-state index >= 15 is 0 Å². The number of aliphatic carboxylic acids is 1. The molecule has 1 fully saturated rings. The van der Waals surface area contributed by atoms with Gasteiger partial charge in [-0.05, 0) is 35.0 Å². The predicted molar refractivity (Wildman–Crippen MR) is 74.4 cm³/mol. The van der Waals surface area contributed by atoms with E-state index in [2.05, 4.69) is 15.9 Å². The van der Waals surface area contributed by atoms with Gasteiger partial charge in [0, 0.05) is 11.4 Å². The first-order valence-electron chi connectivity index (χ1n) is 5.87. The fraction of sp³-hybridized carbons (Fsp3) is 0.500. The normalized spacial score (nSPS) is 21.2. The summed E-state index contributed by atoms with van der Waals surface area (Å²) in [4.78, 5) is 25.8. The number of hydrogen-bond donors (Lipinski definition) is 1. The molecule has 1 aliphatic rings. The molecule has 1 saturated heterocycles. The van der Waals surface area contributed by atoms with E-state index in [1.807, 2.05) is 19.1 Å². The lowest BCUT2D eigenvalue weighted by atomic mass is 10.1. The van der Waals surface area contributed by atoms with E-state index < -0.39 is 12.1 Å². The van der Waals surface area contributed by atoms with Gasteiger partial charge in [-0.15, -0.1) is 11.3 Å². The van der Waals surface area contributed by atoms with E-state index in [1.54, 1.807) is 4.90 Å². The van der Waals surface area contributed by atoms with Gasteiger partial charge >= 0.3 is 5.97 Å². The Bertz CT molecular complexity index is 490. The highest BCUT2D eigenvalue weighted by atomic mass is 79.9. The van der Waals surface area contributed by atoms with Crippen molar-refractivity contribution in [3.05, 3.63) is 20.8 Å². The van der Waals surface area contributed by atoms with Crippen LogP contribution in [-0.2, 0) is 14.3 Å². The van der Waals surface area contributed by atoms with Gasteiger partial charge in [-0.2, -0.15) is 0 Å². The third-order valence-electron chi connectivity index (χ3n) is 3.04. The lowest BCUT2D eigenvalue weighted by Gasteiger charge is -2.32. The quantitative estimate of drug-likeness (QED) is 0.907. The van der Waals surface area contributed by atoms with E-state index in [0.717, 1.165) is 8.66 Å². The molecule has 2 rings (SSSR count). The van der Waals surface area contributed by atoms with Gasteiger partial charge in [-0.1, -0.05) is 0 Å². The standard InChI is InChI=1S/C12H14BrNO4S/c1-7(9-2-3-10(13)19-9)11(15)14-4-5-18-8(6-14)12(16)17/h2-3,7-8H,4-6H2,1H3,(H,16,17)/t7-,8+/m0/s1. The molecule has 104 valence electrons. The van der Waals surface area contributed by atoms with Gasteiger partial charge < -0.3 is 14.7 Å². The molecule has 1 amide bonds. The average Bonchev–Trinajstić information content (AvgIpc) is 2.84. The second-order valence-corrected chi connectivity index (χ2v) is 6.84. The van der Waals surface area contributed by atoms with Crippen molar-refractivity contribution in [2.24, 2.45) is 0 Å². The van der Waals surface area contributed by atoms with Crippen molar-refractivity contribution in [3.63, 3.8) is 0 Å². The van der Waals surface area contributed by atoms with Crippen molar-refractivity contribution < 1.29 is 19.4 Å². The number of carboxylic acid groups (broad SMARTS) is 1. The van der Waals surface area contributed by atoms with E-state index in [1.165, 1.54) is 11.3 Å². The van der Waals surface area contributed by atoms with E-state index in [-0.39, 0.29) is 25.0 Å². The molecule has 2 atom stereocenters. The molecule has 0 unspecified atom stereocenters. The van der Waals surface area contributed by atoms with E-state index in [9.17, 15) is 9.59 Å². The molecule has 1 aromatic rings. The molecule has 7 heteroatoms. The van der Waals surface area contributed by atoms with Crippen molar-refractivity contribution in [3.8, 4) is 0 Å². The Morgan fingerprint density at radius 1 is 1.58 bits per heavy atom. The number of carbonyl (C=O) groups excluding carboxylic acids is 1. The number of rotatable bonds is 3. The lowest BCUT2D eigenvalue weighted by molar-refractivity contribution is -0.159. The Labute approximate surface area is 123 Å². The van der Waals surface area contributed by atoms with Crippen molar-refractivity contribution in [2.45, 2.75) is 18.9 Å². The largest absolute Gasteiger partial charge is 0.479 e. The number of hydrogen-bond acceptors (Lipinski definition) is 4. The topological polar surface area (TPSA) is 66.8 Å². The van der Waals surface area contributed by atoms with Crippen molar-refractivity contribution in [1.29, 1.82) is 0 Å². The summed E-state index contributed by atoms with van der Waals surface area (Å²) in [6.45, 7) is 2.67. The molecule has 5 nitrogen and oxygen atoms in total. The lowest BCUT2D eigenvalue weighted by Crippen LogP contribution is -2.49. The van der Waals surface area contributed by atoms with E-state index in [0.29, 0.717) is 6.54 Å². The molecule has 1 N–H and O–H groups in total. The van der Waals surface area contributed by atoms with Gasteiger partial charge in [-0.3, -0.25) is 4.79 Å². The second-order valence-electron chi connectivity index (χ2n) is 4.35. The minimum absolute atomic E-state index is 0.0519. The zero-order valence-corrected chi connectivity index (χ0v) is 12.7. The molecule has 0 aromatic carbocycles. The Balaban J connectivity index is 2.04. The van der Waals surface area contributed by atoms with Crippen LogP contribution in [0.1, 0.15) is 17.7 Å². The summed E-state index contributed by atoms with van der Waals surface area (Å²) in [5.41, 5.74) is 0. The summed E-state index contributed by atoms with van der Waals surface area (Å²) < 4.78 is 6.09. The van der Waals surface area contributed by atoms with Crippen LogP contribution >= 0.6 is 27.3 Å². The predicted octanol–water partition coefficient (Wildman–Crippen LogP) is 1.93. The number of morpholine rings is 1. The SMILES string of the molecule is C[C@H](C(=O)N1CCO[C@@H](C(=O)O)C1)c1ccc(Br)s1. The summed E-state index contributed by atoms with van der Waals surface area (Å²) in [5.74, 6) is -1.34. The minimum atomic E-state index is -1.02. The van der Waals surface area contributed by atoms with Crippen LogP contribution in [0.3, 0.4) is 0 Å². The maximum Gasteiger partial charge on any atom is 0.334 e. The molecule has 0 aliphatic carbocycles. The van der Waals surface area contributed by atoms with Gasteiger partial charge in [0.25, 0.3) is 0 Å². The van der Waals surface area contributed by atoms with Crippen LogP contribution in [0.15, 0.2) is 15.9 Å². The first-order chi connectivity index (χ1) is 8.99. The van der Waals surface area contributed by atoms with Gasteiger partial charge in [0.15, 0.2) is 6.10 Å². The zero-order valence-electron chi connectivity index (χ0n) is 10.3. The highest BCUT2D eigenvalue weighted by molar-refractivity contribution is 9.11. The molecule has 0 radical (unpaired) electrons. The Morgan fingerprint density at radius 2 is 2.32 bits per heavy atom. The Hall–Kier alpha value is -0.920. The Kier molecular flexibility index (Phi) is 4.59. The summed E-state index contributed by atoms with van der Waals surface area (Å²) >= 11 is 4.89. The third-order valence-corrected chi connectivity index (χ3v) is 4.85. The maximum atomic E-state index is 12.3. The number of amides is 1. The van der Waals surface area contributed by atoms with Gasteiger partial charge in [0.05, 0.1) is 22.9 Å². The molecular formula is C12H14BrNO4S. The minimum Gasteiger partial charge on any atom is -0.479 e. The van der Waals surface area contributed by atoms with Crippen LogP contribution in [0, 0.1) is 0 Å². The summed E-state index contributed by atoms with van der Waals surface area (Å²) in [5, 5.41) is 8.93. The van der Waals surface area contributed by atoms with Gasteiger partial charge in [0.1, 0.15) is 0 Å². The van der Waals surface area contributed by atoms with Gasteiger partial charge in [0.2, 0.25) is 5.91 Å². The van der Waals surface area contributed by atoms with Crippen molar-refractivity contribution >= 4 is 39.1 Å². The van der Waals surface area contributed by atoms with Crippen LogP contribution in [-0.4, -0.2) is 47.7 Å². The van der Waals surface area contributed by atoms with Crippen LogP contribution in [0.25, 0.3) is 0 Å². The number of thiophene rings is 1. The molecule has 1 aliphatic heterocycles. The maximum absolute atomic E-state index is 12.3. The highest BCUT2D eigenvalue weighted by Crippen LogP contribution is 2.29. The van der Waals surface area contributed by atoms with Crippen LogP contribution < -0.4 is 0 Å². The number of ether oxygens (including phenoxy) is 1. The van der Waals surface area contributed by atoms with Gasteiger partial charge in [-0.25, -0.2) is 4.79 Å². The molecule has 2 heterocycles. The smallest absolute Gasteiger partial charge is 0.334 e. The summed E-state index contributed by atoms with van der Waals surface area (Å²) in [6, 6.07) is 3.82. The summed E-state index contributed by atoms with van der Waals surface area (Å²) in [7, 11) is 0. The first kappa shape index (κ1) is 14.5. The third kappa shape index (κ3) is 3.34. The molecule has 1 aromatic heterocycles. The highest BCUT2D eigenvalue weighted by Gasteiger charge is 2.31.